The van der Waals surface area contributed by atoms with Crippen molar-refractivity contribution in [2.45, 2.75) is 19.8 Å². The molecule has 0 amide bonds. The third kappa shape index (κ3) is 6.29. The molecule has 3 rings (SSSR count). The van der Waals surface area contributed by atoms with E-state index in [-0.39, 0.29) is 0 Å². The van der Waals surface area contributed by atoms with Crippen LogP contribution in [0.2, 0.25) is 0 Å². The minimum Gasteiger partial charge on any atom is -0.371 e. The molecule has 0 saturated heterocycles. The van der Waals surface area contributed by atoms with Crippen molar-refractivity contribution in [1.29, 1.82) is 0 Å². The first-order valence-electron chi connectivity index (χ1n) is 8.37. The van der Waals surface area contributed by atoms with E-state index in [4.69, 9.17) is 13.3 Å². The minimum absolute atomic E-state index is 0.501. The van der Waals surface area contributed by atoms with Crippen molar-refractivity contribution in [3.63, 3.8) is 0 Å². The van der Waals surface area contributed by atoms with E-state index in [1.165, 1.54) is 0 Å². The third-order valence-electron chi connectivity index (χ3n) is 3.69. The van der Waals surface area contributed by atoms with Gasteiger partial charge in [-0.2, -0.15) is 0 Å². The maximum absolute atomic E-state index is 5.97. The van der Waals surface area contributed by atoms with Crippen LogP contribution in [0.3, 0.4) is 0 Å². The summed E-state index contributed by atoms with van der Waals surface area (Å²) in [5.74, 6) is 0. The molecule has 0 saturated carbocycles. The van der Waals surface area contributed by atoms with Crippen LogP contribution in [-0.4, -0.2) is 9.53 Å². The summed E-state index contributed by atoms with van der Waals surface area (Å²) in [5.41, 5.74) is 3.35. The van der Waals surface area contributed by atoms with Gasteiger partial charge in [0.05, 0.1) is 19.8 Å². The van der Waals surface area contributed by atoms with Crippen LogP contribution in [0.15, 0.2) is 91.0 Å². The van der Waals surface area contributed by atoms with E-state index in [0.717, 1.165) is 16.7 Å². The molecule has 0 spiro atoms. The van der Waals surface area contributed by atoms with E-state index in [1.807, 2.05) is 91.0 Å². The Bertz CT molecular complexity index is 616. The van der Waals surface area contributed by atoms with Gasteiger partial charge in [-0.15, -0.1) is 0 Å². The SMILES string of the molecule is c1ccc(CO[SiH](OCc2ccccc2)OCc2ccccc2)cc1. The summed E-state index contributed by atoms with van der Waals surface area (Å²) in [7, 11) is -2.24. The number of benzene rings is 3. The molecule has 3 aromatic carbocycles. The molecule has 0 heterocycles. The maximum Gasteiger partial charge on any atom is 0.485 e. The highest BCUT2D eigenvalue weighted by Gasteiger charge is 2.16. The molecular formula is C21H22O3Si. The summed E-state index contributed by atoms with van der Waals surface area (Å²) >= 11 is 0. The molecule has 4 heteroatoms. The Morgan fingerprint density at radius 1 is 0.440 bits per heavy atom. The van der Waals surface area contributed by atoms with Crippen molar-refractivity contribution in [1.82, 2.24) is 0 Å². The molecule has 0 unspecified atom stereocenters. The largest absolute Gasteiger partial charge is 0.485 e. The quantitative estimate of drug-likeness (QED) is 0.537. The lowest BCUT2D eigenvalue weighted by Crippen LogP contribution is -2.27. The smallest absolute Gasteiger partial charge is 0.371 e. The summed E-state index contributed by atoms with van der Waals surface area (Å²) in [6.45, 7) is 1.50. The molecule has 0 radical (unpaired) electrons. The van der Waals surface area contributed by atoms with E-state index in [9.17, 15) is 0 Å². The molecular weight excluding hydrogens is 328 g/mol. The van der Waals surface area contributed by atoms with E-state index in [0.29, 0.717) is 19.8 Å². The summed E-state index contributed by atoms with van der Waals surface area (Å²) in [6, 6.07) is 30.3. The summed E-state index contributed by atoms with van der Waals surface area (Å²) < 4.78 is 17.9. The van der Waals surface area contributed by atoms with Gasteiger partial charge in [0.15, 0.2) is 0 Å². The average molecular weight is 350 g/mol. The normalized spacial score (nSPS) is 10.9. The van der Waals surface area contributed by atoms with Crippen LogP contribution < -0.4 is 0 Å². The Hall–Kier alpha value is -2.24. The molecule has 0 aliphatic heterocycles. The Morgan fingerprint density at radius 3 is 1.00 bits per heavy atom. The fraction of sp³-hybridized carbons (Fsp3) is 0.143. The lowest BCUT2D eigenvalue weighted by Gasteiger charge is -2.17. The molecule has 0 aliphatic carbocycles. The van der Waals surface area contributed by atoms with Gasteiger partial charge in [0.25, 0.3) is 0 Å². The Labute approximate surface area is 150 Å². The van der Waals surface area contributed by atoms with Gasteiger partial charge >= 0.3 is 9.53 Å². The van der Waals surface area contributed by atoms with Crippen molar-refractivity contribution in [3.8, 4) is 0 Å². The standard InChI is InChI=1S/C21H22O3Si/c1-4-10-19(11-5-1)16-22-25(23-17-20-12-6-2-7-13-20)24-18-21-14-8-3-9-15-21/h1-15,25H,16-18H2. The fourth-order valence-corrected chi connectivity index (χ4v) is 3.63. The van der Waals surface area contributed by atoms with E-state index in [2.05, 4.69) is 0 Å². The second-order valence-electron chi connectivity index (χ2n) is 5.68. The lowest BCUT2D eigenvalue weighted by molar-refractivity contribution is 0.0766. The predicted molar refractivity (Wildman–Crippen MR) is 101 cm³/mol. The van der Waals surface area contributed by atoms with Crippen LogP contribution in [0.4, 0.5) is 0 Å². The van der Waals surface area contributed by atoms with Gasteiger partial charge in [0, 0.05) is 0 Å². The lowest BCUT2D eigenvalue weighted by atomic mass is 10.2. The first kappa shape index (κ1) is 17.6. The maximum atomic E-state index is 5.97. The van der Waals surface area contributed by atoms with Crippen LogP contribution in [0.25, 0.3) is 0 Å². The summed E-state index contributed by atoms with van der Waals surface area (Å²) in [6.07, 6.45) is 0. The zero-order valence-electron chi connectivity index (χ0n) is 14.1. The number of hydrogen-bond donors (Lipinski definition) is 0. The zero-order valence-corrected chi connectivity index (χ0v) is 15.2. The van der Waals surface area contributed by atoms with Gasteiger partial charge in [-0.05, 0) is 16.7 Å². The first-order chi connectivity index (χ1) is 12.4. The number of hydrogen-bond acceptors (Lipinski definition) is 3. The Balaban J connectivity index is 1.56. The topological polar surface area (TPSA) is 27.7 Å². The second-order valence-corrected chi connectivity index (χ2v) is 7.26. The molecule has 0 aliphatic rings. The van der Waals surface area contributed by atoms with Gasteiger partial charge < -0.3 is 13.3 Å². The molecule has 0 atom stereocenters. The molecule has 0 fully saturated rings. The van der Waals surface area contributed by atoms with Gasteiger partial charge in [-0.25, -0.2) is 0 Å². The van der Waals surface area contributed by atoms with Crippen molar-refractivity contribution in [2.75, 3.05) is 0 Å². The molecule has 0 N–H and O–H groups in total. The van der Waals surface area contributed by atoms with Gasteiger partial charge in [-0.1, -0.05) is 91.0 Å². The van der Waals surface area contributed by atoms with Gasteiger partial charge in [0.2, 0.25) is 0 Å². The van der Waals surface area contributed by atoms with Crippen molar-refractivity contribution >= 4 is 9.53 Å². The van der Waals surface area contributed by atoms with Crippen LogP contribution in [0.5, 0.6) is 0 Å². The van der Waals surface area contributed by atoms with E-state index in [1.54, 1.807) is 0 Å². The number of rotatable bonds is 9. The molecule has 25 heavy (non-hydrogen) atoms. The van der Waals surface area contributed by atoms with Crippen LogP contribution in [0.1, 0.15) is 16.7 Å². The Kier molecular flexibility index (Phi) is 6.97. The summed E-state index contributed by atoms with van der Waals surface area (Å²) in [4.78, 5) is 0. The van der Waals surface area contributed by atoms with Crippen molar-refractivity contribution < 1.29 is 13.3 Å². The van der Waals surface area contributed by atoms with Gasteiger partial charge in [-0.3, -0.25) is 0 Å². The highest BCUT2D eigenvalue weighted by molar-refractivity contribution is 6.36. The molecule has 0 bridgehead atoms. The van der Waals surface area contributed by atoms with Crippen molar-refractivity contribution in [3.05, 3.63) is 108 Å². The molecule has 3 nitrogen and oxygen atoms in total. The minimum atomic E-state index is -2.24. The zero-order chi connectivity index (χ0) is 17.2. The van der Waals surface area contributed by atoms with Crippen molar-refractivity contribution in [2.24, 2.45) is 0 Å². The Morgan fingerprint density at radius 2 is 0.720 bits per heavy atom. The van der Waals surface area contributed by atoms with E-state index >= 15 is 0 Å². The van der Waals surface area contributed by atoms with Crippen LogP contribution >= 0.6 is 0 Å². The van der Waals surface area contributed by atoms with Crippen LogP contribution in [0, 0.1) is 0 Å². The predicted octanol–water partition coefficient (Wildman–Crippen LogP) is 4.35. The van der Waals surface area contributed by atoms with Gasteiger partial charge in [0.1, 0.15) is 0 Å². The van der Waals surface area contributed by atoms with E-state index < -0.39 is 9.53 Å². The van der Waals surface area contributed by atoms with Crippen LogP contribution in [-0.2, 0) is 33.1 Å². The highest BCUT2D eigenvalue weighted by Crippen LogP contribution is 2.09. The monoisotopic (exact) mass is 350 g/mol. The summed E-state index contributed by atoms with van der Waals surface area (Å²) in [5, 5.41) is 0. The first-order valence-corrected chi connectivity index (χ1v) is 9.78. The highest BCUT2D eigenvalue weighted by atomic mass is 28.3. The second kappa shape index (κ2) is 9.91. The fourth-order valence-electron chi connectivity index (χ4n) is 2.36. The third-order valence-corrected chi connectivity index (χ3v) is 5.00. The molecule has 0 aromatic heterocycles. The average Bonchev–Trinajstić information content (AvgIpc) is 2.70. The molecule has 3 aromatic rings. The molecule has 128 valence electrons.